The Balaban J connectivity index is 2.16. The van der Waals surface area contributed by atoms with E-state index in [1.807, 2.05) is 0 Å². The van der Waals surface area contributed by atoms with Crippen LogP contribution >= 0.6 is 0 Å². The van der Waals surface area contributed by atoms with Crippen molar-refractivity contribution in [3.05, 3.63) is 0 Å². The maximum Gasteiger partial charge on any atom is 0.0357 e. The molecule has 1 fully saturated rings. The van der Waals surface area contributed by atoms with Gasteiger partial charge in [-0.1, -0.05) is 13.8 Å². The largest absolute Gasteiger partial charge is 0.313 e. The van der Waals surface area contributed by atoms with E-state index in [2.05, 4.69) is 19.2 Å². The third kappa shape index (κ3) is 4.09. The molecule has 1 aliphatic rings. The molecule has 0 aliphatic heterocycles. The molecule has 0 aromatic carbocycles. The lowest BCUT2D eigenvalue weighted by molar-refractivity contribution is 0.228. The van der Waals surface area contributed by atoms with E-state index >= 15 is 0 Å². The topological polar surface area (TPSA) is 29.1 Å². The van der Waals surface area contributed by atoms with E-state index in [0.717, 1.165) is 24.1 Å². The van der Waals surface area contributed by atoms with Gasteiger partial charge in [0.2, 0.25) is 0 Å². The predicted octanol–water partition coefficient (Wildman–Crippen LogP) is 1.78. The molecule has 0 aromatic rings. The van der Waals surface area contributed by atoms with Gasteiger partial charge in [0, 0.05) is 35.4 Å². The molecule has 1 N–H and O–H groups in total. The van der Waals surface area contributed by atoms with Crippen LogP contribution in [0.4, 0.5) is 0 Å². The third-order valence-corrected chi connectivity index (χ3v) is 4.20. The van der Waals surface area contributed by atoms with Gasteiger partial charge in [-0.05, 0) is 31.1 Å². The summed E-state index contributed by atoms with van der Waals surface area (Å²) in [5, 5.41) is 3.51. The highest BCUT2D eigenvalue weighted by molar-refractivity contribution is 7.84. The molecule has 3 heteroatoms. The first-order valence-corrected chi connectivity index (χ1v) is 7.35. The first kappa shape index (κ1) is 12.2. The van der Waals surface area contributed by atoms with Gasteiger partial charge in [0.05, 0.1) is 0 Å². The van der Waals surface area contributed by atoms with Crippen LogP contribution in [0.15, 0.2) is 0 Å². The van der Waals surface area contributed by atoms with E-state index < -0.39 is 10.8 Å². The zero-order valence-electron chi connectivity index (χ0n) is 9.58. The maximum absolute atomic E-state index is 10.9. The minimum atomic E-state index is -0.648. The van der Waals surface area contributed by atoms with Gasteiger partial charge in [0.25, 0.3) is 0 Å². The van der Waals surface area contributed by atoms with Crippen LogP contribution in [-0.4, -0.2) is 28.8 Å². The molecule has 14 heavy (non-hydrogen) atoms. The zero-order valence-corrected chi connectivity index (χ0v) is 10.4. The van der Waals surface area contributed by atoms with Crippen molar-refractivity contribution in [2.75, 3.05) is 18.6 Å². The second-order valence-electron chi connectivity index (χ2n) is 4.70. The fraction of sp³-hybridized carbons (Fsp3) is 1.00. The first-order chi connectivity index (χ1) is 6.59. The number of hydrogen-bond donors (Lipinski definition) is 1. The maximum atomic E-state index is 10.9. The Morgan fingerprint density at radius 3 is 2.57 bits per heavy atom. The Morgan fingerprint density at radius 1 is 1.29 bits per heavy atom. The van der Waals surface area contributed by atoms with Crippen LogP contribution < -0.4 is 5.32 Å². The van der Waals surface area contributed by atoms with E-state index in [9.17, 15) is 4.21 Å². The van der Waals surface area contributed by atoms with Crippen molar-refractivity contribution in [3.63, 3.8) is 0 Å². The van der Waals surface area contributed by atoms with Crippen LogP contribution in [0.2, 0.25) is 0 Å². The molecule has 1 rings (SSSR count). The van der Waals surface area contributed by atoms with Crippen LogP contribution in [0.25, 0.3) is 0 Å². The molecule has 1 saturated carbocycles. The summed E-state index contributed by atoms with van der Waals surface area (Å²) < 4.78 is 10.9. The zero-order chi connectivity index (χ0) is 10.6. The van der Waals surface area contributed by atoms with Crippen LogP contribution in [0.3, 0.4) is 0 Å². The number of rotatable bonds is 4. The third-order valence-electron chi connectivity index (χ3n) is 3.42. The van der Waals surface area contributed by atoms with Gasteiger partial charge < -0.3 is 5.32 Å². The fourth-order valence-corrected chi connectivity index (χ4v) is 2.55. The van der Waals surface area contributed by atoms with Gasteiger partial charge in [0.1, 0.15) is 0 Å². The van der Waals surface area contributed by atoms with Gasteiger partial charge in [-0.3, -0.25) is 4.21 Å². The molecular formula is C11H23NOS. The Bertz CT molecular complexity index is 196. The van der Waals surface area contributed by atoms with E-state index in [4.69, 9.17) is 0 Å². The van der Waals surface area contributed by atoms with E-state index in [1.165, 1.54) is 19.3 Å². The van der Waals surface area contributed by atoms with Crippen molar-refractivity contribution in [1.29, 1.82) is 0 Å². The van der Waals surface area contributed by atoms with Gasteiger partial charge in [-0.25, -0.2) is 0 Å². The summed E-state index contributed by atoms with van der Waals surface area (Å²) >= 11 is 0. The lowest BCUT2D eigenvalue weighted by Crippen LogP contribution is -2.37. The van der Waals surface area contributed by atoms with Crippen LogP contribution in [0.5, 0.6) is 0 Å². The Morgan fingerprint density at radius 2 is 2.00 bits per heavy atom. The van der Waals surface area contributed by atoms with Crippen LogP contribution in [-0.2, 0) is 10.8 Å². The second-order valence-corrected chi connectivity index (χ2v) is 6.25. The summed E-state index contributed by atoms with van der Waals surface area (Å²) in [6.07, 6.45) is 5.70. The molecule has 0 unspecified atom stereocenters. The normalized spacial score (nSPS) is 35.5. The standard InChI is InChI=1S/C11H23NOS/c1-9-4-5-11(8-10(9)2)12-6-7-14(3)13/h9-12H,4-8H2,1-3H3/t9-,10-,11+,14-/m1/s1. The van der Waals surface area contributed by atoms with Gasteiger partial charge in [0.15, 0.2) is 0 Å². The Labute approximate surface area is 90.3 Å². The van der Waals surface area contributed by atoms with Gasteiger partial charge >= 0.3 is 0 Å². The molecule has 0 saturated heterocycles. The predicted molar refractivity (Wildman–Crippen MR) is 62.9 cm³/mol. The molecule has 0 bridgehead atoms. The Kier molecular flexibility index (Phi) is 5.10. The van der Waals surface area contributed by atoms with Crippen LogP contribution in [0, 0.1) is 11.8 Å². The molecule has 0 heterocycles. The van der Waals surface area contributed by atoms with E-state index in [1.54, 1.807) is 6.26 Å². The molecule has 2 nitrogen and oxygen atoms in total. The summed E-state index contributed by atoms with van der Waals surface area (Å²) in [7, 11) is -0.648. The number of nitrogens with one attached hydrogen (secondary N) is 1. The summed E-state index contributed by atoms with van der Waals surface area (Å²) in [6.45, 7) is 5.60. The molecule has 0 aromatic heterocycles. The van der Waals surface area contributed by atoms with Crippen molar-refractivity contribution in [2.24, 2.45) is 11.8 Å². The fourth-order valence-electron chi connectivity index (χ4n) is 2.14. The summed E-state index contributed by atoms with van der Waals surface area (Å²) in [6, 6.07) is 0.671. The van der Waals surface area contributed by atoms with Crippen molar-refractivity contribution < 1.29 is 4.21 Å². The average molecular weight is 217 g/mol. The van der Waals surface area contributed by atoms with Gasteiger partial charge in [-0.15, -0.1) is 0 Å². The smallest absolute Gasteiger partial charge is 0.0357 e. The van der Waals surface area contributed by atoms with Gasteiger partial charge in [-0.2, -0.15) is 0 Å². The minimum absolute atomic E-state index is 0.648. The highest BCUT2D eigenvalue weighted by Gasteiger charge is 2.23. The minimum Gasteiger partial charge on any atom is -0.313 e. The van der Waals surface area contributed by atoms with Crippen molar-refractivity contribution in [2.45, 2.75) is 39.2 Å². The molecule has 0 spiro atoms. The first-order valence-electron chi connectivity index (χ1n) is 5.63. The lowest BCUT2D eigenvalue weighted by atomic mass is 9.79. The average Bonchev–Trinajstić information content (AvgIpc) is 2.10. The molecule has 0 radical (unpaired) electrons. The van der Waals surface area contributed by atoms with E-state index in [-0.39, 0.29) is 0 Å². The van der Waals surface area contributed by atoms with Crippen LogP contribution in [0.1, 0.15) is 33.1 Å². The monoisotopic (exact) mass is 217 g/mol. The quantitative estimate of drug-likeness (QED) is 0.778. The highest BCUT2D eigenvalue weighted by Crippen LogP contribution is 2.29. The molecule has 84 valence electrons. The second kappa shape index (κ2) is 5.86. The highest BCUT2D eigenvalue weighted by atomic mass is 32.2. The lowest BCUT2D eigenvalue weighted by Gasteiger charge is -2.32. The summed E-state index contributed by atoms with van der Waals surface area (Å²) in [5.74, 6) is 2.52. The summed E-state index contributed by atoms with van der Waals surface area (Å²) in [5.41, 5.74) is 0. The molecular weight excluding hydrogens is 194 g/mol. The van der Waals surface area contributed by atoms with Crippen molar-refractivity contribution in [1.82, 2.24) is 5.32 Å². The Hall–Kier alpha value is 0.110. The number of hydrogen-bond acceptors (Lipinski definition) is 2. The molecule has 0 amide bonds. The molecule has 1 aliphatic carbocycles. The van der Waals surface area contributed by atoms with Crippen molar-refractivity contribution in [3.8, 4) is 0 Å². The SMILES string of the molecule is C[C@@H]1CC[C@H](NCC[S@@](C)=O)C[C@H]1C. The van der Waals surface area contributed by atoms with Crippen molar-refractivity contribution >= 4 is 10.8 Å². The van der Waals surface area contributed by atoms with E-state index in [0.29, 0.717) is 6.04 Å². The summed E-state index contributed by atoms with van der Waals surface area (Å²) in [4.78, 5) is 0. The molecule has 4 atom stereocenters.